The first-order chi connectivity index (χ1) is 14.5. The summed E-state index contributed by atoms with van der Waals surface area (Å²) in [6, 6.07) is 16.4. The van der Waals surface area contributed by atoms with Crippen molar-refractivity contribution in [3.63, 3.8) is 0 Å². The summed E-state index contributed by atoms with van der Waals surface area (Å²) >= 11 is 7.17. The fourth-order valence-electron chi connectivity index (χ4n) is 2.48. The van der Waals surface area contributed by atoms with Crippen LogP contribution in [0.25, 0.3) is 0 Å². The largest absolute Gasteiger partial charge is 0.350 e. The van der Waals surface area contributed by atoms with Gasteiger partial charge in [0.1, 0.15) is 0 Å². The maximum atomic E-state index is 12.2. The molecule has 3 rings (SSSR count). The Morgan fingerprint density at radius 1 is 0.767 bits per heavy atom. The summed E-state index contributed by atoms with van der Waals surface area (Å²) < 4.78 is 0. The van der Waals surface area contributed by atoms with E-state index < -0.39 is 6.03 Å². The van der Waals surface area contributed by atoms with Gasteiger partial charge in [-0.3, -0.25) is 9.59 Å². The van der Waals surface area contributed by atoms with Crippen molar-refractivity contribution < 1.29 is 14.4 Å². The van der Waals surface area contributed by atoms with Crippen molar-refractivity contribution in [3.05, 3.63) is 81.5 Å². The lowest BCUT2D eigenvalue weighted by Crippen LogP contribution is -2.34. The Balaban J connectivity index is 1.41. The number of urea groups is 1. The highest BCUT2D eigenvalue weighted by molar-refractivity contribution is 7.12. The average molecular weight is 443 g/mol. The lowest BCUT2D eigenvalue weighted by atomic mass is 10.2. The molecule has 0 aliphatic rings. The number of benzene rings is 2. The highest BCUT2D eigenvalue weighted by Gasteiger charge is 2.08. The molecule has 0 atom stereocenters. The molecule has 0 unspecified atom stereocenters. The van der Waals surface area contributed by atoms with E-state index in [1.54, 1.807) is 60.7 Å². The number of hydrogen-bond acceptors (Lipinski definition) is 4. The molecule has 154 valence electrons. The topological polar surface area (TPSA) is 99.3 Å². The maximum Gasteiger partial charge on any atom is 0.323 e. The van der Waals surface area contributed by atoms with Crippen LogP contribution in [0.4, 0.5) is 16.2 Å². The molecule has 0 aliphatic carbocycles. The van der Waals surface area contributed by atoms with Crippen LogP contribution < -0.4 is 21.3 Å². The van der Waals surface area contributed by atoms with Gasteiger partial charge in [0.2, 0.25) is 0 Å². The minimum atomic E-state index is -0.406. The Hall–Kier alpha value is -3.36. The molecule has 1 heterocycles. The van der Waals surface area contributed by atoms with Gasteiger partial charge in [0, 0.05) is 35.1 Å². The van der Waals surface area contributed by atoms with Gasteiger partial charge in [-0.15, -0.1) is 11.3 Å². The summed E-state index contributed by atoms with van der Waals surface area (Å²) in [5.74, 6) is -0.427. The minimum Gasteiger partial charge on any atom is -0.350 e. The fourth-order valence-corrected chi connectivity index (χ4v) is 3.25. The quantitative estimate of drug-likeness (QED) is 0.412. The number of halogens is 1. The molecule has 4 N–H and O–H groups in total. The molecule has 0 aliphatic heterocycles. The van der Waals surface area contributed by atoms with E-state index in [0.717, 1.165) is 0 Å². The highest BCUT2D eigenvalue weighted by Crippen LogP contribution is 2.14. The third kappa shape index (κ3) is 6.33. The Labute approximate surface area is 182 Å². The molecule has 3 aromatic rings. The molecule has 7 nitrogen and oxygen atoms in total. The molecule has 9 heteroatoms. The predicted octanol–water partition coefficient (Wildman–Crippen LogP) is 4.21. The predicted molar refractivity (Wildman–Crippen MR) is 120 cm³/mol. The highest BCUT2D eigenvalue weighted by atomic mass is 35.5. The van der Waals surface area contributed by atoms with E-state index in [1.165, 1.54) is 11.3 Å². The molecular formula is C21H19ClN4O3S. The van der Waals surface area contributed by atoms with E-state index >= 15 is 0 Å². The molecule has 0 bridgehead atoms. The summed E-state index contributed by atoms with van der Waals surface area (Å²) in [5, 5.41) is 13.3. The van der Waals surface area contributed by atoms with E-state index in [-0.39, 0.29) is 11.8 Å². The van der Waals surface area contributed by atoms with Crippen molar-refractivity contribution in [1.82, 2.24) is 10.6 Å². The van der Waals surface area contributed by atoms with Crippen LogP contribution in [0.15, 0.2) is 66.0 Å². The lowest BCUT2D eigenvalue weighted by Gasteiger charge is -2.09. The molecule has 0 saturated carbocycles. The van der Waals surface area contributed by atoms with Gasteiger partial charge in [-0.25, -0.2) is 4.79 Å². The van der Waals surface area contributed by atoms with Gasteiger partial charge < -0.3 is 21.3 Å². The zero-order chi connectivity index (χ0) is 21.3. The van der Waals surface area contributed by atoms with Crippen LogP contribution in [0.1, 0.15) is 20.0 Å². The van der Waals surface area contributed by atoms with Crippen LogP contribution >= 0.6 is 22.9 Å². The number of carbonyl (C=O) groups excluding carboxylic acids is 3. The van der Waals surface area contributed by atoms with Crippen molar-refractivity contribution in [2.75, 3.05) is 23.7 Å². The molecule has 30 heavy (non-hydrogen) atoms. The standard InChI is InChI=1S/C21H19ClN4O3S/c22-15-5-9-17(10-6-15)26-21(29)25-16-7-3-14(4-8-16)19(27)23-11-12-24-20(28)18-2-1-13-30-18/h1-10,13H,11-12H2,(H,23,27)(H,24,28)(H2,25,26,29). The summed E-state index contributed by atoms with van der Waals surface area (Å²) in [7, 11) is 0. The summed E-state index contributed by atoms with van der Waals surface area (Å²) in [4.78, 5) is 36.7. The number of amides is 4. The molecule has 0 spiro atoms. The molecular weight excluding hydrogens is 424 g/mol. The van der Waals surface area contributed by atoms with Gasteiger partial charge in [-0.2, -0.15) is 0 Å². The van der Waals surface area contributed by atoms with Crippen molar-refractivity contribution >= 4 is 52.2 Å². The zero-order valence-corrected chi connectivity index (χ0v) is 17.3. The van der Waals surface area contributed by atoms with Gasteiger partial charge in [0.25, 0.3) is 11.8 Å². The van der Waals surface area contributed by atoms with Crippen LogP contribution in [0.3, 0.4) is 0 Å². The molecule has 0 saturated heterocycles. The molecule has 0 fully saturated rings. The van der Waals surface area contributed by atoms with Gasteiger partial charge in [-0.05, 0) is 60.0 Å². The monoisotopic (exact) mass is 442 g/mol. The number of carbonyl (C=O) groups is 3. The van der Waals surface area contributed by atoms with Gasteiger partial charge >= 0.3 is 6.03 Å². The lowest BCUT2D eigenvalue weighted by molar-refractivity contribution is 0.0929. The second kappa shape index (κ2) is 10.4. The Morgan fingerprint density at radius 2 is 1.33 bits per heavy atom. The first-order valence-corrected chi connectivity index (χ1v) is 10.3. The average Bonchev–Trinajstić information content (AvgIpc) is 3.28. The van der Waals surface area contributed by atoms with E-state index in [2.05, 4.69) is 21.3 Å². The number of hydrogen-bond donors (Lipinski definition) is 4. The van der Waals surface area contributed by atoms with E-state index in [1.807, 2.05) is 5.38 Å². The summed E-state index contributed by atoms with van der Waals surface area (Å²) in [6.07, 6.45) is 0. The van der Waals surface area contributed by atoms with Crippen LogP contribution in [0.5, 0.6) is 0 Å². The third-order valence-electron chi connectivity index (χ3n) is 3.95. The number of thiophene rings is 1. The van der Waals surface area contributed by atoms with E-state index in [4.69, 9.17) is 11.6 Å². The summed E-state index contributed by atoms with van der Waals surface area (Å²) in [5.41, 5.74) is 1.60. The van der Waals surface area contributed by atoms with Crippen molar-refractivity contribution in [1.29, 1.82) is 0 Å². The maximum absolute atomic E-state index is 12.2. The first kappa shape index (κ1) is 21.4. The molecule has 2 aromatic carbocycles. The summed E-state index contributed by atoms with van der Waals surface area (Å²) in [6.45, 7) is 0.631. The Kier molecular flexibility index (Phi) is 7.42. The van der Waals surface area contributed by atoms with E-state index in [0.29, 0.717) is 39.9 Å². The Morgan fingerprint density at radius 3 is 1.90 bits per heavy atom. The zero-order valence-electron chi connectivity index (χ0n) is 15.8. The van der Waals surface area contributed by atoms with Crippen LogP contribution in [0, 0.1) is 0 Å². The van der Waals surface area contributed by atoms with Gasteiger partial charge in [-0.1, -0.05) is 17.7 Å². The number of rotatable bonds is 7. The fraction of sp³-hybridized carbons (Fsp3) is 0.0952. The third-order valence-corrected chi connectivity index (χ3v) is 5.07. The smallest absolute Gasteiger partial charge is 0.323 e. The van der Waals surface area contributed by atoms with Gasteiger partial charge in [0.15, 0.2) is 0 Å². The van der Waals surface area contributed by atoms with Crippen LogP contribution in [-0.2, 0) is 0 Å². The van der Waals surface area contributed by atoms with E-state index in [9.17, 15) is 14.4 Å². The normalized spacial score (nSPS) is 10.2. The minimum absolute atomic E-state index is 0.161. The molecule has 4 amide bonds. The SMILES string of the molecule is O=C(Nc1ccc(Cl)cc1)Nc1ccc(C(=O)NCCNC(=O)c2cccs2)cc1. The number of nitrogens with one attached hydrogen (secondary N) is 4. The molecule has 1 aromatic heterocycles. The van der Waals surface area contributed by atoms with Crippen LogP contribution in [-0.4, -0.2) is 30.9 Å². The van der Waals surface area contributed by atoms with Gasteiger partial charge in [0.05, 0.1) is 4.88 Å². The Bertz CT molecular complexity index is 1010. The number of anilines is 2. The second-order valence-corrected chi connectivity index (χ2v) is 7.54. The van der Waals surface area contributed by atoms with Crippen molar-refractivity contribution in [2.24, 2.45) is 0 Å². The second-order valence-electron chi connectivity index (χ2n) is 6.15. The first-order valence-electron chi connectivity index (χ1n) is 9.05. The van der Waals surface area contributed by atoms with Crippen LogP contribution in [0.2, 0.25) is 5.02 Å². The van der Waals surface area contributed by atoms with Crippen molar-refractivity contribution in [2.45, 2.75) is 0 Å². The molecule has 0 radical (unpaired) electrons. The van der Waals surface area contributed by atoms with Crippen molar-refractivity contribution in [3.8, 4) is 0 Å².